The highest BCUT2D eigenvalue weighted by atomic mass is 32.1. The van der Waals surface area contributed by atoms with Crippen molar-refractivity contribution in [2.45, 2.75) is 6.92 Å². The highest BCUT2D eigenvalue weighted by molar-refractivity contribution is 7.07. The van der Waals surface area contributed by atoms with Crippen molar-refractivity contribution >= 4 is 17.0 Å². The van der Waals surface area contributed by atoms with Crippen LogP contribution in [0.25, 0.3) is 11.3 Å². The summed E-state index contributed by atoms with van der Waals surface area (Å²) < 4.78 is 23.6. The van der Waals surface area contributed by atoms with Gasteiger partial charge in [0, 0.05) is 18.0 Å². The van der Waals surface area contributed by atoms with E-state index in [0.29, 0.717) is 23.0 Å². The third-order valence-corrected chi connectivity index (χ3v) is 4.87. The summed E-state index contributed by atoms with van der Waals surface area (Å²) >= 11 is 1.49. The van der Waals surface area contributed by atoms with Gasteiger partial charge in [-0.25, -0.2) is 4.68 Å². The summed E-state index contributed by atoms with van der Waals surface area (Å²) in [6.07, 6.45) is 1.62. The summed E-state index contributed by atoms with van der Waals surface area (Å²) in [4.78, 5) is 5.08. The minimum absolute atomic E-state index is 0.543. The lowest BCUT2D eigenvalue weighted by atomic mass is 10.1. The molecule has 1 aromatic carbocycles. The number of ether oxygens (including phenoxy) is 3. The fourth-order valence-electron chi connectivity index (χ4n) is 2.66. The van der Waals surface area contributed by atoms with E-state index in [4.69, 9.17) is 23.7 Å². The Kier molecular flexibility index (Phi) is 5.66. The molecule has 0 amide bonds. The zero-order valence-corrected chi connectivity index (χ0v) is 16.7. The molecule has 2 aromatic heterocycles. The molecule has 0 bridgehead atoms. The van der Waals surface area contributed by atoms with Gasteiger partial charge >= 0.3 is 0 Å². The molecule has 0 saturated heterocycles. The monoisotopic (exact) mass is 387 g/mol. The number of nitrogens with zero attached hydrogens (tertiary/aromatic N) is 3. The maximum Gasteiger partial charge on any atom is 0.205 e. The maximum atomic E-state index is 5.47. The lowest BCUT2D eigenvalue weighted by molar-refractivity contribution is 0.324. The number of furan rings is 1. The van der Waals surface area contributed by atoms with Gasteiger partial charge in [0.2, 0.25) is 10.6 Å². The van der Waals surface area contributed by atoms with E-state index in [1.165, 1.54) is 11.3 Å². The average molecular weight is 387 g/mol. The molecule has 3 rings (SSSR count). The molecule has 0 saturated carbocycles. The highest BCUT2D eigenvalue weighted by Gasteiger charge is 2.17. The van der Waals surface area contributed by atoms with Gasteiger partial charge in [0.1, 0.15) is 11.5 Å². The molecule has 7 nitrogen and oxygen atoms in total. The predicted octanol–water partition coefficient (Wildman–Crippen LogP) is 3.64. The molecule has 0 aliphatic heterocycles. The van der Waals surface area contributed by atoms with Crippen LogP contribution in [0.2, 0.25) is 0 Å². The Morgan fingerprint density at radius 1 is 1.11 bits per heavy atom. The van der Waals surface area contributed by atoms with Crippen molar-refractivity contribution in [2.24, 2.45) is 10.1 Å². The maximum absolute atomic E-state index is 5.47. The van der Waals surface area contributed by atoms with E-state index in [0.717, 1.165) is 21.8 Å². The van der Waals surface area contributed by atoms with E-state index in [9.17, 15) is 0 Å². The Morgan fingerprint density at radius 2 is 1.81 bits per heavy atom. The second-order valence-electron chi connectivity index (χ2n) is 5.52. The first-order valence-corrected chi connectivity index (χ1v) is 9.04. The predicted molar refractivity (Wildman–Crippen MR) is 105 cm³/mol. The van der Waals surface area contributed by atoms with Crippen LogP contribution in [0.3, 0.4) is 0 Å². The molecular formula is C19H21N3O4S. The molecule has 0 aliphatic carbocycles. The minimum Gasteiger partial charge on any atom is -0.493 e. The van der Waals surface area contributed by atoms with Crippen molar-refractivity contribution in [1.82, 2.24) is 4.68 Å². The Bertz CT molecular complexity index is 991. The molecule has 0 radical (unpaired) electrons. The Labute approximate surface area is 161 Å². The first kappa shape index (κ1) is 18.8. The molecule has 2 heterocycles. The average Bonchev–Trinajstić information content (AvgIpc) is 3.36. The number of thiazole rings is 1. The van der Waals surface area contributed by atoms with Crippen molar-refractivity contribution in [1.29, 1.82) is 0 Å². The molecule has 0 unspecified atom stereocenters. The summed E-state index contributed by atoms with van der Waals surface area (Å²) in [6.45, 7) is 1.89. The lowest BCUT2D eigenvalue weighted by Crippen LogP contribution is -2.13. The van der Waals surface area contributed by atoms with Crippen molar-refractivity contribution in [3.63, 3.8) is 0 Å². The number of methoxy groups -OCH3 is 3. The lowest BCUT2D eigenvalue weighted by Gasteiger charge is -2.14. The topological polar surface area (TPSA) is 70.5 Å². The number of hydrogen-bond donors (Lipinski definition) is 0. The largest absolute Gasteiger partial charge is 0.493 e. The first-order chi connectivity index (χ1) is 13.1. The summed E-state index contributed by atoms with van der Waals surface area (Å²) in [5, 5.41) is 6.69. The van der Waals surface area contributed by atoms with Crippen LogP contribution in [0.1, 0.15) is 12.7 Å². The molecule has 3 aromatic rings. The van der Waals surface area contributed by atoms with Gasteiger partial charge in [-0.1, -0.05) is 0 Å². The van der Waals surface area contributed by atoms with Gasteiger partial charge in [0.15, 0.2) is 11.5 Å². The summed E-state index contributed by atoms with van der Waals surface area (Å²) in [6, 6.07) is 7.47. The number of hydrogen-bond acceptors (Lipinski definition) is 7. The smallest absolute Gasteiger partial charge is 0.205 e. The second kappa shape index (κ2) is 8.13. The van der Waals surface area contributed by atoms with Crippen molar-refractivity contribution in [3.05, 3.63) is 46.5 Å². The van der Waals surface area contributed by atoms with E-state index in [2.05, 4.69) is 4.99 Å². The number of rotatable bonds is 6. The second-order valence-corrected chi connectivity index (χ2v) is 6.35. The molecule has 27 heavy (non-hydrogen) atoms. The SMILES string of the molecule is CN=c1scc(-c2cc(OC)c(OC)c(OC)c2)n1N=C(C)c1ccco1. The van der Waals surface area contributed by atoms with Gasteiger partial charge in [0.25, 0.3) is 0 Å². The van der Waals surface area contributed by atoms with Crippen LogP contribution in [-0.4, -0.2) is 38.8 Å². The van der Waals surface area contributed by atoms with Crippen LogP contribution in [0.5, 0.6) is 17.2 Å². The zero-order valence-electron chi connectivity index (χ0n) is 15.8. The van der Waals surface area contributed by atoms with Gasteiger partial charge in [-0.2, -0.15) is 5.10 Å². The fraction of sp³-hybridized carbons (Fsp3) is 0.263. The molecule has 0 aliphatic rings. The summed E-state index contributed by atoms with van der Waals surface area (Å²) in [5.74, 6) is 2.39. The first-order valence-electron chi connectivity index (χ1n) is 8.16. The summed E-state index contributed by atoms with van der Waals surface area (Å²) in [7, 11) is 6.50. The normalized spacial score (nSPS) is 12.3. The highest BCUT2D eigenvalue weighted by Crippen LogP contribution is 2.41. The van der Waals surface area contributed by atoms with Crippen LogP contribution in [0.4, 0.5) is 0 Å². The van der Waals surface area contributed by atoms with Crippen LogP contribution in [0.15, 0.2) is 50.4 Å². The quantitative estimate of drug-likeness (QED) is 0.606. The Morgan fingerprint density at radius 3 is 2.33 bits per heavy atom. The Balaban J connectivity index is 2.19. The Hall–Kier alpha value is -3.00. The molecule has 0 fully saturated rings. The van der Waals surface area contributed by atoms with Crippen LogP contribution in [-0.2, 0) is 0 Å². The van der Waals surface area contributed by atoms with Crippen molar-refractivity contribution in [3.8, 4) is 28.5 Å². The molecule has 0 atom stereocenters. The third-order valence-electron chi connectivity index (χ3n) is 3.96. The van der Waals surface area contributed by atoms with Crippen molar-refractivity contribution in [2.75, 3.05) is 28.4 Å². The van der Waals surface area contributed by atoms with Gasteiger partial charge in [-0.05, 0) is 31.2 Å². The van der Waals surface area contributed by atoms with Gasteiger partial charge in [-0.15, -0.1) is 11.3 Å². The van der Waals surface area contributed by atoms with Gasteiger partial charge in [0.05, 0.1) is 33.3 Å². The van der Waals surface area contributed by atoms with Crippen LogP contribution < -0.4 is 19.0 Å². The molecule has 142 valence electrons. The standard InChI is InChI=1S/C19H21N3O4S/c1-12(15-7-6-8-26-15)21-22-14(11-27-19(22)20-2)13-9-16(23-3)18(25-5)17(10-13)24-4/h6-11H,1-5H3. The van der Waals surface area contributed by atoms with E-state index in [1.807, 2.05) is 36.6 Å². The molecule has 0 spiro atoms. The van der Waals surface area contributed by atoms with Gasteiger partial charge < -0.3 is 18.6 Å². The van der Waals surface area contributed by atoms with Gasteiger partial charge in [-0.3, -0.25) is 4.99 Å². The minimum atomic E-state index is 0.543. The molecule has 0 N–H and O–H groups in total. The van der Waals surface area contributed by atoms with Crippen molar-refractivity contribution < 1.29 is 18.6 Å². The zero-order chi connectivity index (χ0) is 19.4. The van der Waals surface area contributed by atoms with E-state index < -0.39 is 0 Å². The van der Waals surface area contributed by atoms with Crippen LogP contribution in [0, 0.1) is 0 Å². The van der Waals surface area contributed by atoms with E-state index in [-0.39, 0.29) is 0 Å². The van der Waals surface area contributed by atoms with E-state index >= 15 is 0 Å². The summed E-state index contributed by atoms with van der Waals surface area (Å²) in [5.41, 5.74) is 2.46. The van der Waals surface area contributed by atoms with E-state index in [1.54, 1.807) is 39.3 Å². The number of benzene rings is 1. The van der Waals surface area contributed by atoms with Crippen LogP contribution >= 0.6 is 11.3 Å². The number of aromatic nitrogens is 1. The third kappa shape index (κ3) is 3.61. The fourth-order valence-corrected chi connectivity index (χ4v) is 3.46. The molecule has 8 heteroatoms. The molecular weight excluding hydrogens is 366 g/mol.